The molecular formula is C11H24N2O2. The smallest absolute Gasteiger partial charge is 0.320 e. The van der Waals surface area contributed by atoms with Crippen LogP contribution in [0.5, 0.6) is 0 Å². The third-order valence-corrected chi connectivity index (χ3v) is 2.39. The van der Waals surface area contributed by atoms with Crippen LogP contribution in [0.2, 0.25) is 0 Å². The largest absolute Gasteiger partial charge is 0.480 e. The third kappa shape index (κ3) is 9.69. The number of aliphatic carboxylic acids is 1. The molecule has 90 valence electrons. The number of rotatable bonds is 10. The maximum atomic E-state index is 10.4. The van der Waals surface area contributed by atoms with Crippen molar-refractivity contribution in [2.24, 2.45) is 5.73 Å². The number of carboxylic acid groups (broad SMARTS) is 1. The molecule has 4 N–H and O–H groups in total. The molecule has 0 aliphatic rings. The molecule has 4 nitrogen and oxygen atoms in total. The standard InChI is InChI=1S/C11H24N2O2/c1-2-3-5-8-13-9-6-4-7-10(12)11(14)15/h10,13H,2-9,12H2,1H3,(H,14,15). The van der Waals surface area contributed by atoms with Gasteiger partial charge in [0.05, 0.1) is 0 Å². The summed E-state index contributed by atoms with van der Waals surface area (Å²) in [5.41, 5.74) is 5.38. The van der Waals surface area contributed by atoms with Gasteiger partial charge in [-0.25, -0.2) is 0 Å². The zero-order chi connectivity index (χ0) is 11.5. The molecule has 0 aromatic rings. The Kier molecular flexibility index (Phi) is 9.52. The van der Waals surface area contributed by atoms with Crippen molar-refractivity contribution in [3.05, 3.63) is 0 Å². The van der Waals surface area contributed by atoms with E-state index in [0.29, 0.717) is 6.42 Å². The summed E-state index contributed by atoms with van der Waals surface area (Å²) < 4.78 is 0. The molecule has 0 radical (unpaired) electrons. The fraction of sp³-hybridized carbons (Fsp3) is 0.909. The van der Waals surface area contributed by atoms with Crippen LogP contribution in [0.25, 0.3) is 0 Å². The molecule has 0 amide bonds. The SMILES string of the molecule is CCCCCNCCCCC(N)C(=O)O. The Morgan fingerprint density at radius 1 is 1.27 bits per heavy atom. The van der Waals surface area contributed by atoms with Crippen molar-refractivity contribution in [2.45, 2.75) is 51.5 Å². The van der Waals surface area contributed by atoms with Gasteiger partial charge in [0.15, 0.2) is 0 Å². The Morgan fingerprint density at radius 3 is 2.40 bits per heavy atom. The average molecular weight is 216 g/mol. The maximum absolute atomic E-state index is 10.4. The fourth-order valence-electron chi connectivity index (χ4n) is 1.36. The summed E-state index contributed by atoms with van der Waals surface area (Å²) in [6.07, 6.45) is 6.21. The van der Waals surface area contributed by atoms with Crippen molar-refractivity contribution in [1.29, 1.82) is 0 Å². The summed E-state index contributed by atoms with van der Waals surface area (Å²) in [5.74, 6) is -0.897. The summed E-state index contributed by atoms with van der Waals surface area (Å²) >= 11 is 0. The van der Waals surface area contributed by atoms with Gasteiger partial charge in [-0.15, -0.1) is 0 Å². The molecule has 0 saturated carbocycles. The van der Waals surface area contributed by atoms with Gasteiger partial charge in [0, 0.05) is 0 Å². The molecule has 0 bridgehead atoms. The Bertz CT molecular complexity index is 163. The van der Waals surface area contributed by atoms with Gasteiger partial charge in [0.25, 0.3) is 0 Å². The lowest BCUT2D eigenvalue weighted by Gasteiger charge is -2.06. The van der Waals surface area contributed by atoms with Crippen molar-refractivity contribution >= 4 is 5.97 Å². The Hall–Kier alpha value is -0.610. The second-order valence-corrected chi connectivity index (χ2v) is 3.90. The molecule has 1 unspecified atom stereocenters. The van der Waals surface area contributed by atoms with Gasteiger partial charge in [-0.05, 0) is 32.4 Å². The number of nitrogens with two attached hydrogens (primary N) is 1. The predicted molar refractivity (Wildman–Crippen MR) is 61.9 cm³/mol. The van der Waals surface area contributed by atoms with E-state index in [4.69, 9.17) is 10.8 Å². The third-order valence-electron chi connectivity index (χ3n) is 2.39. The van der Waals surface area contributed by atoms with Crippen LogP contribution in [-0.2, 0) is 4.79 Å². The van der Waals surface area contributed by atoms with E-state index in [0.717, 1.165) is 25.9 Å². The Morgan fingerprint density at radius 2 is 1.87 bits per heavy atom. The summed E-state index contributed by atoms with van der Waals surface area (Å²) in [7, 11) is 0. The molecule has 0 saturated heterocycles. The van der Waals surface area contributed by atoms with E-state index in [1.807, 2.05) is 0 Å². The summed E-state index contributed by atoms with van der Waals surface area (Å²) in [6, 6.07) is -0.690. The van der Waals surface area contributed by atoms with Crippen LogP contribution in [0.4, 0.5) is 0 Å². The zero-order valence-corrected chi connectivity index (χ0v) is 9.67. The Balaban J connectivity index is 3.08. The topological polar surface area (TPSA) is 75.3 Å². The van der Waals surface area contributed by atoms with E-state index in [-0.39, 0.29) is 0 Å². The van der Waals surface area contributed by atoms with E-state index < -0.39 is 12.0 Å². The van der Waals surface area contributed by atoms with Gasteiger partial charge in [-0.2, -0.15) is 0 Å². The Labute approximate surface area is 92.2 Å². The van der Waals surface area contributed by atoms with Gasteiger partial charge in [0.2, 0.25) is 0 Å². The van der Waals surface area contributed by atoms with E-state index >= 15 is 0 Å². The molecule has 0 aromatic carbocycles. The summed E-state index contributed by atoms with van der Waals surface area (Å²) in [4.78, 5) is 10.4. The van der Waals surface area contributed by atoms with Crippen molar-refractivity contribution < 1.29 is 9.90 Å². The second-order valence-electron chi connectivity index (χ2n) is 3.90. The molecule has 15 heavy (non-hydrogen) atoms. The lowest BCUT2D eigenvalue weighted by molar-refractivity contribution is -0.138. The highest BCUT2D eigenvalue weighted by Gasteiger charge is 2.09. The summed E-state index contributed by atoms with van der Waals surface area (Å²) in [5, 5.41) is 11.9. The van der Waals surface area contributed by atoms with Crippen LogP contribution in [0.15, 0.2) is 0 Å². The van der Waals surface area contributed by atoms with Crippen molar-refractivity contribution in [3.8, 4) is 0 Å². The van der Waals surface area contributed by atoms with Crippen LogP contribution in [-0.4, -0.2) is 30.2 Å². The van der Waals surface area contributed by atoms with Crippen LogP contribution in [0, 0.1) is 0 Å². The van der Waals surface area contributed by atoms with Crippen LogP contribution < -0.4 is 11.1 Å². The monoisotopic (exact) mass is 216 g/mol. The molecule has 0 aliphatic carbocycles. The van der Waals surface area contributed by atoms with E-state index in [2.05, 4.69) is 12.2 Å². The first kappa shape index (κ1) is 14.4. The normalized spacial score (nSPS) is 12.7. The first-order valence-corrected chi connectivity index (χ1v) is 5.87. The molecule has 0 spiro atoms. The maximum Gasteiger partial charge on any atom is 0.320 e. The number of hydrogen-bond acceptors (Lipinski definition) is 3. The highest BCUT2D eigenvalue weighted by Crippen LogP contribution is 1.98. The number of nitrogens with one attached hydrogen (secondary N) is 1. The average Bonchev–Trinajstić information content (AvgIpc) is 2.21. The van der Waals surface area contributed by atoms with Gasteiger partial charge >= 0.3 is 5.97 Å². The van der Waals surface area contributed by atoms with E-state index in [9.17, 15) is 4.79 Å². The first-order chi connectivity index (χ1) is 7.18. The lowest BCUT2D eigenvalue weighted by atomic mass is 10.1. The van der Waals surface area contributed by atoms with Gasteiger partial charge in [0.1, 0.15) is 6.04 Å². The highest BCUT2D eigenvalue weighted by atomic mass is 16.4. The lowest BCUT2D eigenvalue weighted by Crippen LogP contribution is -2.30. The van der Waals surface area contributed by atoms with Crippen LogP contribution in [0.3, 0.4) is 0 Å². The highest BCUT2D eigenvalue weighted by molar-refractivity contribution is 5.72. The number of unbranched alkanes of at least 4 members (excludes halogenated alkanes) is 3. The van der Waals surface area contributed by atoms with E-state index in [1.165, 1.54) is 19.3 Å². The van der Waals surface area contributed by atoms with Crippen LogP contribution in [0.1, 0.15) is 45.4 Å². The van der Waals surface area contributed by atoms with Gasteiger partial charge in [-0.3, -0.25) is 4.79 Å². The van der Waals surface area contributed by atoms with Crippen molar-refractivity contribution in [3.63, 3.8) is 0 Å². The minimum Gasteiger partial charge on any atom is -0.480 e. The van der Waals surface area contributed by atoms with Gasteiger partial charge in [-0.1, -0.05) is 26.2 Å². The van der Waals surface area contributed by atoms with Crippen LogP contribution >= 0.6 is 0 Å². The quantitative estimate of drug-likeness (QED) is 0.482. The first-order valence-electron chi connectivity index (χ1n) is 5.87. The zero-order valence-electron chi connectivity index (χ0n) is 9.67. The molecule has 0 fully saturated rings. The molecule has 0 heterocycles. The molecule has 4 heteroatoms. The minimum absolute atomic E-state index is 0.575. The minimum atomic E-state index is -0.897. The molecular weight excluding hydrogens is 192 g/mol. The molecule has 0 aliphatic heterocycles. The number of carbonyl (C=O) groups is 1. The molecule has 0 aromatic heterocycles. The second kappa shape index (κ2) is 9.93. The molecule has 1 atom stereocenters. The number of carboxylic acids is 1. The van der Waals surface area contributed by atoms with Crippen molar-refractivity contribution in [2.75, 3.05) is 13.1 Å². The summed E-state index contributed by atoms with van der Waals surface area (Å²) in [6.45, 7) is 4.22. The molecule has 0 rings (SSSR count). The number of hydrogen-bond donors (Lipinski definition) is 3. The predicted octanol–water partition coefficient (Wildman–Crippen LogP) is 1.35. The van der Waals surface area contributed by atoms with Crippen molar-refractivity contribution in [1.82, 2.24) is 5.32 Å². The van der Waals surface area contributed by atoms with Gasteiger partial charge < -0.3 is 16.2 Å². The fourth-order valence-corrected chi connectivity index (χ4v) is 1.36. The van der Waals surface area contributed by atoms with E-state index in [1.54, 1.807) is 0 Å².